The quantitative estimate of drug-likeness (QED) is 0.857. The second-order valence-electron chi connectivity index (χ2n) is 3.44. The topological polar surface area (TPSA) is 47.3 Å². The molecule has 0 amide bonds. The summed E-state index contributed by atoms with van der Waals surface area (Å²) in [6.07, 6.45) is 3.36. The van der Waals surface area contributed by atoms with Crippen LogP contribution >= 0.6 is 0 Å². The van der Waals surface area contributed by atoms with Crippen molar-refractivity contribution in [1.82, 2.24) is 4.98 Å². The molecule has 0 bridgehead atoms. The molecule has 0 aromatic carbocycles. The van der Waals surface area contributed by atoms with Crippen LogP contribution in [0.5, 0.6) is 5.88 Å². The van der Waals surface area contributed by atoms with E-state index in [2.05, 4.69) is 10.3 Å². The normalized spacial score (nSPS) is 12.1. The third kappa shape index (κ3) is 2.16. The SMILES string of the molecule is COc1ncccc1NC(C)c1ccco1. The maximum absolute atomic E-state index is 5.32. The van der Waals surface area contributed by atoms with E-state index in [1.165, 1.54) is 0 Å². The Morgan fingerprint density at radius 1 is 1.38 bits per heavy atom. The molecule has 1 unspecified atom stereocenters. The van der Waals surface area contributed by atoms with Crippen LogP contribution in [0.2, 0.25) is 0 Å². The third-order valence-electron chi connectivity index (χ3n) is 2.31. The monoisotopic (exact) mass is 218 g/mol. The number of nitrogens with zero attached hydrogens (tertiary/aromatic N) is 1. The standard InChI is InChI=1S/C12H14N2O2/c1-9(11-6-4-8-16-11)14-10-5-3-7-13-12(10)15-2/h3-9,14H,1-2H3. The molecular formula is C12H14N2O2. The van der Waals surface area contributed by atoms with Gasteiger partial charge in [0.05, 0.1) is 25.1 Å². The lowest BCUT2D eigenvalue weighted by molar-refractivity contribution is 0.398. The van der Waals surface area contributed by atoms with Crippen molar-refractivity contribution in [2.24, 2.45) is 0 Å². The van der Waals surface area contributed by atoms with Crippen LogP contribution in [0, 0.1) is 0 Å². The van der Waals surface area contributed by atoms with Crippen molar-refractivity contribution in [3.8, 4) is 5.88 Å². The van der Waals surface area contributed by atoms with E-state index >= 15 is 0 Å². The molecule has 0 saturated carbocycles. The molecule has 1 atom stereocenters. The van der Waals surface area contributed by atoms with Gasteiger partial charge in [0, 0.05) is 6.20 Å². The summed E-state index contributed by atoms with van der Waals surface area (Å²) in [6, 6.07) is 7.66. The van der Waals surface area contributed by atoms with Gasteiger partial charge in [-0.3, -0.25) is 0 Å². The Hall–Kier alpha value is -1.97. The molecule has 0 aliphatic heterocycles. The molecular weight excluding hydrogens is 204 g/mol. The number of rotatable bonds is 4. The van der Waals surface area contributed by atoms with Gasteiger partial charge < -0.3 is 14.5 Å². The number of hydrogen-bond acceptors (Lipinski definition) is 4. The van der Waals surface area contributed by atoms with E-state index in [9.17, 15) is 0 Å². The first-order valence-electron chi connectivity index (χ1n) is 5.10. The molecule has 0 aliphatic carbocycles. The van der Waals surface area contributed by atoms with E-state index in [1.54, 1.807) is 19.6 Å². The smallest absolute Gasteiger partial charge is 0.237 e. The van der Waals surface area contributed by atoms with Gasteiger partial charge in [-0.1, -0.05) is 0 Å². The lowest BCUT2D eigenvalue weighted by Crippen LogP contribution is -2.07. The van der Waals surface area contributed by atoms with Gasteiger partial charge in [0.15, 0.2) is 0 Å². The first-order valence-corrected chi connectivity index (χ1v) is 5.10. The Labute approximate surface area is 94.3 Å². The van der Waals surface area contributed by atoms with Crippen LogP contribution in [0.3, 0.4) is 0 Å². The van der Waals surface area contributed by atoms with E-state index in [0.717, 1.165) is 11.4 Å². The number of ether oxygens (including phenoxy) is 1. The lowest BCUT2D eigenvalue weighted by atomic mass is 10.2. The second kappa shape index (κ2) is 4.70. The van der Waals surface area contributed by atoms with Gasteiger partial charge >= 0.3 is 0 Å². The van der Waals surface area contributed by atoms with Gasteiger partial charge in [-0.15, -0.1) is 0 Å². The van der Waals surface area contributed by atoms with E-state index < -0.39 is 0 Å². The predicted molar refractivity (Wildman–Crippen MR) is 61.5 cm³/mol. The minimum Gasteiger partial charge on any atom is -0.480 e. The molecule has 0 fully saturated rings. The Morgan fingerprint density at radius 2 is 2.25 bits per heavy atom. The minimum absolute atomic E-state index is 0.0769. The van der Waals surface area contributed by atoms with Crippen LogP contribution in [0.15, 0.2) is 41.1 Å². The molecule has 2 aromatic heterocycles. The number of nitrogens with one attached hydrogen (secondary N) is 1. The van der Waals surface area contributed by atoms with Crippen LogP contribution in [0.4, 0.5) is 5.69 Å². The van der Waals surface area contributed by atoms with Crippen LogP contribution < -0.4 is 10.1 Å². The summed E-state index contributed by atoms with van der Waals surface area (Å²) in [5, 5.41) is 3.28. The number of hydrogen-bond donors (Lipinski definition) is 1. The van der Waals surface area contributed by atoms with Gasteiger partial charge in [-0.05, 0) is 31.2 Å². The maximum atomic E-state index is 5.32. The largest absolute Gasteiger partial charge is 0.480 e. The molecule has 1 N–H and O–H groups in total. The zero-order valence-electron chi connectivity index (χ0n) is 9.31. The highest BCUT2D eigenvalue weighted by Gasteiger charge is 2.10. The van der Waals surface area contributed by atoms with Crippen molar-refractivity contribution in [3.05, 3.63) is 42.5 Å². The molecule has 0 spiro atoms. The summed E-state index contributed by atoms with van der Waals surface area (Å²) in [5.74, 6) is 1.46. The fraction of sp³-hybridized carbons (Fsp3) is 0.250. The average molecular weight is 218 g/mol. The fourth-order valence-corrected chi connectivity index (χ4v) is 1.51. The molecule has 2 heterocycles. The molecule has 0 radical (unpaired) electrons. The first-order chi connectivity index (χ1) is 7.81. The second-order valence-corrected chi connectivity index (χ2v) is 3.44. The highest BCUT2D eigenvalue weighted by atomic mass is 16.5. The first kappa shape index (κ1) is 10.5. The van der Waals surface area contributed by atoms with Crippen molar-refractivity contribution in [3.63, 3.8) is 0 Å². The van der Waals surface area contributed by atoms with Crippen molar-refractivity contribution >= 4 is 5.69 Å². The number of methoxy groups -OCH3 is 1. The molecule has 84 valence electrons. The van der Waals surface area contributed by atoms with Gasteiger partial charge in [-0.2, -0.15) is 0 Å². The van der Waals surface area contributed by atoms with E-state index in [1.807, 2.05) is 31.2 Å². The summed E-state index contributed by atoms with van der Waals surface area (Å²) < 4.78 is 10.5. The van der Waals surface area contributed by atoms with Crippen LogP contribution in [-0.4, -0.2) is 12.1 Å². The maximum Gasteiger partial charge on any atom is 0.237 e. The Balaban J connectivity index is 2.14. The van der Waals surface area contributed by atoms with Crippen LogP contribution in [-0.2, 0) is 0 Å². The molecule has 2 rings (SSSR count). The van der Waals surface area contributed by atoms with E-state index in [4.69, 9.17) is 9.15 Å². The third-order valence-corrected chi connectivity index (χ3v) is 2.31. The predicted octanol–water partition coefficient (Wildman–Crippen LogP) is 2.86. The van der Waals surface area contributed by atoms with Gasteiger partial charge in [0.25, 0.3) is 0 Å². The van der Waals surface area contributed by atoms with Crippen LogP contribution in [0.1, 0.15) is 18.7 Å². The molecule has 4 heteroatoms. The summed E-state index contributed by atoms with van der Waals surface area (Å²) in [7, 11) is 1.60. The Kier molecular flexibility index (Phi) is 3.10. The summed E-state index contributed by atoms with van der Waals surface area (Å²) >= 11 is 0. The lowest BCUT2D eigenvalue weighted by Gasteiger charge is -2.14. The Bertz CT molecular complexity index is 440. The van der Waals surface area contributed by atoms with Crippen molar-refractivity contribution in [2.75, 3.05) is 12.4 Å². The summed E-state index contributed by atoms with van der Waals surface area (Å²) in [5.41, 5.74) is 0.855. The number of furan rings is 1. The molecule has 4 nitrogen and oxygen atoms in total. The molecule has 0 aliphatic rings. The van der Waals surface area contributed by atoms with E-state index in [0.29, 0.717) is 5.88 Å². The van der Waals surface area contributed by atoms with Crippen molar-refractivity contribution < 1.29 is 9.15 Å². The molecule has 16 heavy (non-hydrogen) atoms. The fourth-order valence-electron chi connectivity index (χ4n) is 1.51. The van der Waals surface area contributed by atoms with Gasteiger partial charge in [0.1, 0.15) is 5.76 Å². The van der Waals surface area contributed by atoms with Crippen molar-refractivity contribution in [1.29, 1.82) is 0 Å². The minimum atomic E-state index is 0.0769. The number of anilines is 1. The highest BCUT2D eigenvalue weighted by molar-refractivity contribution is 5.53. The van der Waals surface area contributed by atoms with Gasteiger partial charge in [-0.25, -0.2) is 4.98 Å². The zero-order valence-corrected chi connectivity index (χ0v) is 9.31. The van der Waals surface area contributed by atoms with E-state index in [-0.39, 0.29) is 6.04 Å². The van der Waals surface area contributed by atoms with Gasteiger partial charge in [0.2, 0.25) is 5.88 Å². The molecule has 0 saturated heterocycles. The highest BCUT2D eigenvalue weighted by Crippen LogP contribution is 2.25. The molecule has 2 aromatic rings. The number of aromatic nitrogens is 1. The Morgan fingerprint density at radius 3 is 2.94 bits per heavy atom. The van der Waals surface area contributed by atoms with Crippen LogP contribution in [0.25, 0.3) is 0 Å². The zero-order chi connectivity index (χ0) is 11.4. The van der Waals surface area contributed by atoms with Crippen molar-refractivity contribution in [2.45, 2.75) is 13.0 Å². The summed E-state index contributed by atoms with van der Waals surface area (Å²) in [6.45, 7) is 2.02. The average Bonchev–Trinajstić information content (AvgIpc) is 2.83. The summed E-state index contributed by atoms with van der Waals surface area (Å²) in [4.78, 5) is 4.12. The number of pyridine rings is 1.